The van der Waals surface area contributed by atoms with Gasteiger partial charge in [0.25, 0.3) is 10.2 Å². The molecule has 0 rings (SSSR count). The van der Waals surface area contributed by atoms with Gasteiger partial charge in [0.2, 0.25) is 5.96 Å². The summed E-state index contributed by atoms with van der Waals surface area (Å²) in [5.41, 5.74) is 5.05. The van der Waals surface area contributed by atoms with Gasteiger partial charge in [-0.2, -0.15) is 8.42 Å². The zero-order chi connectivity index (χ0) is 8.20. The summed E-state index contributed by atoms with van der Waals surface area (Å²) in [6.45, 7) is 2.13. The molecule has 0 spiro atoms. The molecule has 6 nitrogen and oxygen atoms in total. The van der Waals surface area contributed by atoms with Crippen LogP contribution in [0.1, 0.15) is 6.92 Å². The summed E-state index contributed by atoms with van der Waals surface area (Å²) >= 11 is 0. The highest BCUT2D eigenvalue weighted by Crippen LogP contribution is 1.69. The number of hydrogen-bond donors (Lipinski definition) is 3. The second kappa shape index (κ2) is 3.37. The molecule has 10 heavy (non-hydrogen) atoms. The lowest BCUT2D eigenvalue weighted by Gasteiger charge is -1.99. The van der Waals surface area contributed by atoms with Crippen molar-refractivity contribution in [1.82, 2.24) is 4.72 Å². The van der Waals surface area contributed by atoms with E-state index in [1.54, 1.807) is 11.6 Å². The van der Waals surface area contributed by atoms with Crippen LogP contribution in [-0.2, 0) is 10.2 Å². The van der Waals surface area contributed by atoms with Gasteiger partial charge < -0.3 is 5.73 Å². The van der Waals surface area contributed by atoms with E-state index in [0.717, 1.165) is 0 Å². The quantitative estimate of drug-likeness (QED) is 0.329. The van der Waals surface area contributed by atoms with E-state index in [9.17, 15) is 8.42 Å². The Morgan fingerprint density at radius 2 is 2.20 bits per heavy atom. The largest absolute Gasteiger partial charge is 0.369 e. The monoisotopic (exact) mass is 166 g/mol. The van der Waals surface area contributed by atoms with E-state index in [4.69, 9.17) is 5.73 Å². The maximum Gasteiger partial charge on any atom is 0.298 e. The molecule has 0 aliphatic rings. The Bertz CT molecular complexity index is 219. The zero-order valence-electron chi connectivity index (χ0n) is 5.53. The average Bonchev–Trinajstić information content (AvgIpc) is 1.59. The first kappa shape index (κ1) is 9.18. The zero-order valence-corrected chi connectivity index (χ0v) is 6.35. The molecular formula is C3H10N4O2S. The number of aliphatic imine (C=N–C) groups is 1. The second-order valence-electron chi connectivity index (χ2n) is 1.51. The molecule has 5 N–H and O–H groups in total. The van der Waals surface area contributed by atoms with Crippen LogP contribution in [0.3, 0.4) is 0 Å². The van der Waals surface area contributed by atoms with Crippen molar-refractivity contribution in [3.05, 3.63) is 0 Å². The Morgan fingerprint density at radius 1 is 1.70 bits per heavy atom. The molecule has 0 aromatic rings. The third kappa shape index (κ3) is 5.32. The first-order chi connectivity index (χ1) is 4.45. The number of guanidine groups is 1. The number of nitrogens with two attached hydrogens (primary N) is 2. The number of rotatable bonds is 2. The van der Waals surface area contributed by atoms with E-state index in [1.165, 1.54) is 0 Å². The normalized spacial score (nSPS) is 13.2. The summed E-state index contributed by atoms with van der Waals surface area (Å²) in [4.78, 5) is 3.53. The number of hydrogen-bond acceptors (Lipinski definition) is 3. The molecule has 7 heteroatoms. The smallest absolute Gasteiger partial charge is 0.298 e. The summed E-state index contributed by atoms with van der Waals surface area (Å²) in [5, 5.41) is 4.57. The lowest BCUT2D eigenvalue weighted by Crippen LogP contribution is -2.40. The van der Waals surface area contributed by atoms with Crippen molar-refractivity contribution in [3.8, 4) is 0 Å². The highest BCUT2D eigenvalue weighted by atomic mass is 32.2. The fraction of sp³-hybridized carbons (Fsp3) is 0.667. The number of nitrogens with one attached hydrogen (secondary N) is 1. The third-order valence-corrected chi connectivity index (χ3v) is 1.07. The van der Waals surface area contributed by atoms with Crippen LogP contribution in [0, 0.1) is 0 Å². The van der Waals surface area contributed by atoms with Gasteiger partial charge in [0.05, 0.1) is 0 Å². The van der Waals surface area contributed by atoms with E-state index in [0.29, 0.717) is 6.54 Å². The Labute approximate surface area is 59.5 Å². The Hall–Kier alpha value is -0.820. The first-order valence-electron chi connectivity index (χ1n) is 2.56. The van der Waals surface area contributed by atoms with E-state index in [2.05, 4.69) is 10.1 Å². The van der Waals surface area contributed by atoms with Gasteiger partial charge in [0, 0.05) is 6.54 Å². The van der Waals surface area contributed by atoms with Gasteiger partial charge in [-0.25, -0.2) is 9.86 Å². The first-order valence-corrected chi connectivity index (χ1v) is 4.11. The predicted molar refractivity (Wildman–Crippen MR) is 38.4 cm³/mol. The maximum absolute atomic E-state index is 10.2. The molecule has 60 valence electrons. The molecule has 0 aliphatic heterocycles. The SMILES string of the molecule is CCN=C(N)NS(N)(=O)=O. The minimum atomic E-state index is -3.75. The highest BCUT2D eigenvalue weighted by Gasteiger charge is 2.00. The number of nitrogens with zero attached hydrogens (tertiary/aromatic N) is 1. The lowest BCUT2D eigenvalue weighted by atomic mass is 10.8. The van der Waals surface area contributed by atoms with E-state index in [1.807, 2.05) is 0 Å². The summed E-state index contributed by atoms with van der Waals surface area (Å²) in [6.07, 6.45) is 0. The van der Waals surface area contributed by atoms with Gasteiger partial charge in [-0.3, -0.25) is 4.99 Å². The van der Waals surface area contributed by atoms with Crippen molar-refractivity contribution in [2.75, 3.05) is 6.54 Å². The average molecular weight is 166 g/mol. The van der Waals surface area contributed by atoms with Gasteiger partial charge in [0.1, 0.15) is 0 Å². The molecule has 0 unspecified atom stereocenters. The van der Waals surface area contributed by atoms with E-state index in [-0.39, 0.29) is 5.96 Å². The van der Waals surface area contributed by atoms with Crippen LogP contribution in [-0.4, -0.2) is 20.9 Å². The van der Waals surface area contributed by atoms with Crippen molar-refractivity contribution in [2.45, 2.75) is 6.92 Å². The topological polar surface area (TPSA) is 111 Å². The maximum atomic E-state index is 10.2. The van der Waals surface area contributed by atoms with Gasteiger partial charge in [0.15, 0.2) is 0 Å². The second-order valence-corrected chi connectivity index (χ2v) is 2.80. The van der Waals surface area contributed by atoms with Crippen molar-refractivity contribution >= 4 is 16.2 Å². The molecule has 0 saturated carbocycles. The molecular weight excluding hydrogens is 156 g/mol. The van der Waals surface area contributed by atoms with Crippen LogP contribution >= 0.6 is 0 Å². The standard InChI is InChI=1S/C3H10N4O2S/c1-2-6-3(4)7-10(5,8)9/h2H2,1H3,(H3,4,6,7)(H2,5,8,9). The molecule has 0 saturated heterocycles. The van der Waals surface area contributed by atoms with Crippen LogP contribution in [0.5, 0.6) is 0 Å². The third-order valence-electron chi connectivity index (χ3n) is 0.575. The predicted octanol–water partition coefficient (Wildman–Crippen LogP) is -1.89. The molecule has 0 atom stereocenters. The summed E-state index contributed by atoms with van der Waals surface area (Å²) in [5.74, 6) is -0.190. The van der Waals surface area contributed by atoms with Crippen LogP contribution < -0.4 is 15.6 Å². The van der Waals surface area contributed by atoms with Gasteiger partial charge in [-0.05, 0) is 6.92 Å². The summed E-state index contributed by atoms with van der Waals surface area (Å²) in [7, 11) is -3.75. The summed E-state index contributed by atoms with van der Waals surface area (Å²) in [6, 6.07) is 0. The van der Waals surface area contributed by atoms with Crippen molar-refractivity contribution < 1.29 is 8.42 Å². The molecule has 0 bridgehead atoms. The molecule has 0 radical (unpaired) electrons. The van der Waals surface area contributed by atoms with Crippen molar-refractivity contribution in [3.63, 3.8) is 0 Å². The minimum absolute atomic E-state index is 0.190. The molecule has 0 amide bonds. The Kier molecular flexibility index (Phi) is 3.10. The van der Waals surface area contributed by atoms with Crippen LogP contribution in [0.4, 0.5) is 0 Å². The highest BCUT2D eigenvalue weighted by molar-refractivity contribution is 7.87. The van der Waals surface area contributed by atoms with Gasteiger partial charge in [-0.15, -0.1) is 0 Å². The van der Waals surface area contributed by atoms with Crippen molar-refractivity contribution in [2.24, 2.45) is 15.9 Å². The molecule has 0 aliphatic carbocycles. The van der Waals surface area contributed by atoms with Gasteiger partial charge >= 0.3 is 0 Å². The Morgan fingerprint density at radius 3 is 2.50 bits per heavy atom. The molecule has 0 fully saturated rings. The lowest BCUT2D eigenvalue weighted by molar-refractivity contribution is 0.594. The summed E-state index contributed by atoms with van der Waals surface area (Å²) < 4.78 is 22.2. The fourth-order valence-corrected chi connectivity index (χ4v) is 0.704. The molecule has 0 aromatic carbocycles. The van der Waals surface area contributed by atoms with E-state index < -0.39 is 10.2 Å². The van der Waals surface area contributed by atoms with Crippen LogP contribution in [0.25, 0.3) is 0 Å². The van der Waals surface area contributed by atoms with Crippen molar-refractivity contribution in [1.29, 1.82) is 0 Å². The fourth-order valence-electron chi connectivity index (χ4n) is 0.348. The van der Waals surface area contributed by atoms with Crippen LogP contribution in [0.2, 0.25) is 0 Å². The van der Waals surface area contributed by atoms with E-state index >= 15 is 0 Å². The minimum Gasteiger partial charge on any atom is -0.369 e. The molecule has 0 aromatic heterocycles. The molecule has 0 heterocycles. The van der Waals surface area contributed by atoms with Gasteiger partial charge in [-0.1, -0.05) is 0 Å². The van der Waals surface area contributed by atoms with Crippen LogP contribution in [0.15, 0.2) is 4.99 Å². The Balaban J connectivity index is 4.05.